The number of likely N-dealkylation sites (tertiary alicyclic amines) is 2. The van der Waals surface area contributed by atoms with Crippen LogP contribution in [0.3, 0.4) is 0 Å². The van der Waals surface area contributed by atoms with Crippen molar-refractivity contribution in [3.63, 3.8) is 0 Å². The highest BCUT2D eigenvalue weighted by Crippen LogP contribution is 2.23. The van der Waals surface area contributed by atoms with Gasteiger partial charge in [0.05, 0.1) is 0 Å². The van der Waals surface area contributed by atoms with Gasteiger partial charge in [0.1, 0.15) is 0 Å². The Labute approximate surface area is 120 Å². The summed E-state index contributed by atoms with van der Waals surface area (Å²) in [6, 6.07) is 0. The Kier molecular flexibility index (Phi) is 9.94. The van der Waals surface area contributed by atoms with Crippen LogP contribution >= 0.6 is 0 Å². The quantitative estimate of drug-likeness (QED) is 0.769. The SMILES string of the molecule is CC.CC.CC1CN(C(=O)CC2CCN(C)CC2)C1. The van der Waals surface area contributed by atoms with Crippen LogP contribution in [0.25, 0.3) is 0 Å². The van der Waals surface area contributed by atoms with Crippen molar-refractivity contribution >= 4 is 5.91 Å². The first-order valence-electron chi connectivity index (χ1n) is 8.11. The molecule has 0 aromatic carbocycles. The number of amides is 1. The van der Waals surface area contributed by atoms with Gasteiger partial charge in [0.25, 0.3) is 0 Å². The molecule has 19 heavy (non-hydrogen) atoms. The third kappa shape index (κ3) is 6.42. The van der Waals surface area contributed by atoms with Crippen molar-refractivity contribution in [2.75, 3.05) is 33.2 Å². The van der Waals surface area contributed by atoms with Gasteiger partial charge >= 0.3 is 0 Å². The number of hydrogen-bond acceptors (Lipinski definition) is 2. The second kappa shape index (κ2) is 10.2. The molecule has 2 heterocycles. The van der Waals surface area contributed by atoms with Crippen LogP contribution in [-0.2, 0) is 4.79 Å². The van der Waals surface area contributed by atoms with Crippen LogP contribution in [0, 0.1) is 11.8 Å². The van der Waals surface area contributed by atoms with E-state index in [0.717, 1.165) is 38.5 Å². The molecular formula is C16H34N2O. The molecule has 0 aliphatic carbocycles. The van der Waals surface area contributed by atoms with Crippen molar-refractivity contribution in [1.29, 1.82) is 0 Å². The Morgan fingerprint density at radius 3 is 1.95 bits per heavy atom. The molecule has 0 saturated carbocycles. The number of piperidine rings is 1. The summed E-state index contributed by atoms with van der Waals surface area (Å²) in [5, 5.41) is 0. The summed E-state index contributed by atoms with van der Waals surface area (Å²) in [6.07, 6.45) is 3.19. The van der Waals surface area contributed by atoms with Crippen LogP contribution in [0.15, 0.2) is 0 Å². The van der Waals surface area contributed by atoms with Crippen molar-refractivity contribution in [1.82, 2.24) is 9.80 Å². The van der Waals surface area contributed by atoms with Gasteiger partial charge in [-0.15, -0.1) is 0 Å². The lowest BCUT2D eigenvalue weighted by Gasteiger charge is -2.38. The minimum Gasteiger partial charge on any atom is -0.342 e. The lowest BCUT2D eigenvalue weighted by atomic mass is 9.92. The van der Waals surface area contributed by atoms with Crippen molar-refractivity contribution < 1.29 is 4.79 Å². The maximum atomic E-state index is 11.8. The van der Waals surface area contributed by atoms with Crippen LogP contribution < -0.4 is 0 Å². The van der Waals surface area contributed by atoms with Crippen molar-refractivity contribution in [2.45, 2.75) is 53.9 Å². The van der Waals surface area contributed by atoms with E-state index in [4.69, 9.17) is 0 Å². The van der Waals surface area contributed by atoms with Crippen LogP contribution in [0.1, 0.15) is 53.9 Å². The number of nitrogens with zero attached hydrogens (tertiary/aromatic N) is 2. The van der Waals surface area contributed by atoms with E-state index in [-0.39, 0.29) is 0 Å². The molecule has 114 valence electrons. The molecule has 0 bridgehead atoms. The molecular weight excluding hydrogens is 236 g/mol. The number of carbonyl (C=O) groups excluding carboxylic acids is 1. The highest BCUT2D eigenvalue weighted by molar-refractivity contribution is 5.77. The maximum Gasteiger partial charge on any atom is 0.222 e. The molecule has 1 amide bonds. The van der Waals surface area contributed by atoms with Gasteiger partial charge < -0.3 is 9.80 Å². The molecule has 0 aromatic heterocycles. The Bertz CT molecular complexity index is 229. The first-order valence-corrected chi connectivity index (χ1v) is 8.11. The van der Waals surface area contributed by atoms with Crippen molar-refractivity contribution in [3.8, 4) is 0 Å². The Morgan fingerprint density at radius 1 is 1.05 bits per heavy atom. The fraction of sp³-hybridized carbons (Fsp3) is 0.938. The molecule has 0 atom stereocenters. The Morgan fingerprint density at radius 2 is 1.53 bits per heavy atom. The summed E-state index contributed by atoms with van der Waals surface area (Å²) in [4.78, 5) is 16.2. The van der Waals surface area contributed by atoms with Gasteiger partial charge in [0.15, 0.2) is 0 Å². The second-order valence-electron chi connectivity index (χ2n) is 5.35. The zero-order valence-corrected chi connectivity index (χ0v) is 13.9. The molecule has 3 nitrogen and oxygen atoms in total. The third-order valence-corrected chi connectivity index (χ3v) is 3.72. The monoisotopic (exact) mass is 270 g/mol. The van der Waals surface area contributed by atoms with E-state index < -0.39 is 0 Å². The lowest BCUT2D eigenvalue weighted by Crippen LogP contribution is -2.49. The average Bonchev–Trinajstić information content (AvgIpc) is 2.42. The summed E-state index contributed by atoms with van der Waals surface area (Å²) < 4.78 is 0. The molecule has 2 aliphatic heterocycles. The smallest absolute Gasteiger partial charge is 0.222 e. The van der Waals surface area contributed by atoms with Crippen LogP contribution in [0.5, 0.6) is 0 Å². The zero-order valence-electron chi connectivity index (χ0n) is 13.9. The molecule has 2 rings (SSSR count). The molecule has 2 aliphatic rings. The molecule has 0 radical (unpaired) electrons. The van der Waals surface area contributed by atoms with E-state index in [1.54, 1.807) is 0 Å². The predicted molar refractivity (Wildman–Crippen MR) is 83.3 cm³/mol. The van der Waals surface area contributed by atoms with Gasteiger partial charge in [0.2, 0.25) is 5.91 Å². The topological polar surface area (TPSA) is 23.6 Å². The van der Waals surface area contributed by atoms with Gasteiger partial charge in [-0.25, -0.2) is 0 Å². The second-order valence-corrected chi connectivity index (χ2v) is 5.35. The highest BCUT2D eigenvalue weighted by atomic mass is 16.2. The van der Waals surface area contributed by atoms with Crippen LogP contribution in [-0.4, -0.2) is 48.9 Å². The number of rotatable bonds is 2. The number of carbonyl (C=O) groups is 1. The summed E-state index contributed by atoms with van der Waals surface area (Å²) in [6.45, 7) is 14.5. The van der Waals surface area contributed by atoms with Crippen LogP contribution in [0.2, 0.25) is 0 Å². The van der Waals surface area contributed by atoms with E-state index >= 15 is 0 Å². The first kappa shape index (κ1) is 18.4. The van der Waals surface area contributed by atoms with E-state index in [2.05, 4.69) is 18.9 Å². The van der Waals surface area contributed by atoms with Gasteiger partial charge in [-0.1, -0.05) is 34.6 Å². The largest absolute Gasteiger partial charge is 0.342 e. The normalized spacial score (nSPS) is 20.6. The highest BCUT2D eigenvalue weighted by Gasteiger charge is 2.29. The Hall–Kier alpha value is -0.570. The zero-order chi connectivity index (χ0) is 14.8. The van der Waals surface area contributed by atoms with Gasteiger partial charge in [-0.05, 0) is 44.8 Å². The van der Waals surface area contributed by atoms with E-state index in [1.807, 2.05) is 32.6 Å². The molecule has 3 heteroatoms. The summed E-state index contributed by atoms with van der Waals surface area (Å²) in [5.74, 6) is 1.76. The summed E-state index contributed by atoms with van der Waals surface area (Å²) >= 11 is 0. The van der Waals surface area contributed by atoms with Crippen molar-refractivity contribution in [2.24, 2.45) is 11.8 Å². The Balaban J connectivity index is 0.000000741. The van der Waals surface area contributed by atoms with E-state index in [9.17, 15) is 4.79 Å². The lowest BCUT2D eigenvalue weighted by molar-refractivity contribution is -0.138. The molecule has 0 aromatic rings. The van der Waals surface area contributed by atoms with Gasteiger partial charge in [-0.3, -0.25) is 4.79 Å². The van der Waals surface area contributed by atoms with Gasteiger partial charge in [-0.2, -0.15) is 0 Å². The number of hydrogen-bond donors (Lipinski definition) is 0. The molecule has 2 fully saturated rings. The molecule has 0 spiro atoms. The fourth-order valence-corrected chi connectivity index (χ4v) is 2.54. The summed E-state index contributed by atoms with van der Waals surface area (Å²) in [5.41, 5.74) is 0. The summed E-state index contributed by atoms with van der Waals surface area (Å²) in [7, 11) is 2.16. The standard InChI is InChI=1S/C12H22N2O.2C2H6/c1-10-8-14(9-10)12(15)7-11-3-5-13(2)6-4-11;2*1-2/h10-11H,3-9H2,1-2H3;2*1-2H3. The minimum atomic E-state index is 0.391. The average molecular weight is 270 g/mol. The minimum absolute atomic E-state index is 0.391. The van der Waals surface area contributed by atoms with Gasteiger partial charge in [0, 0.05) is 19.5 Å². The van der Waals surface area contributed by atoms with Crippen LogP contribution in [0.4, 0.5) is 0 Å². The van der Waals surface area contributed by atoms with E-state index in [0.29, 0.717) is 11.8 Å². The van der Waals surface area contributed by atoms with Crippen molar-refractivity contribution in [3.05, 3.63) is 0 Å². The predicted octanol–water partition coefficient (Wildman–Crippen LogP) is 3.25. The third-order valence-electron chi connectivity index (χ3n) is 3.72. The van der Waals surface area contributed by atoms with E-state index in [1.165, 1.54) is 12.8 Å². The molecule has 0 N–H and O–H groups in total. The first-order chi connectivity index (χ1) is 9.15. The maximum absolute atomic E-state index is 11.8. The molecule has 2 saturated heterocycles. The molecule has 0 unspecified atom stereocenters. The fourth-order valence-electron chi connectivity index (χ4n) is 2.54.